The Bertz CT molecular complexity index is 1230. The summed E-state index contributed by atoms with van der Waals surface area (Å²) in [4.78, 5) is 23.0. The summed E-state index contributed by atoms with van der Waals surface area (Å²) in [6.45, 7) is 0. The summed E-state index contributed by atoms with van der Waals surface area (Å²) >= 11 is 0. The zero-order valence-electron chi connectivity index (χ0n) is 14.6. The summed E-state index contributed by atoms with van der Waals surface area (Å²) in [5.41, 5.74) is 0.429. The third-order valence-electron chi connectivity index (χ3n) is 4.09. The highest BCUT2D eigenvalue weighted by Gasteiger charge is 2.24. The third-order valence-corrected chi connectivity index (χ3v) is 4.09. The molecule has 0 atom stereocenters. The van der Waals surface area contributed by atoms with Crippen molar-refractivity contribution in [3.8, 4) is 0 Å². The number of nitrogens with one attached hydrogen (secondary N) is 2. The molecule has 0 saturated heterocycles. The lowest BCUT2D eigenvalue weighted by atomic mass is 10.2. The van der Waals surface area contributed by atoms with E-state index in [0.29, 0.717) is 11.2 Å². The maximum atomic E-state index is 13.9. The van der Waals surface area contributed by atoms with Crippen LogP contribution in [0.5, 0.6) is 0 Å². The molecule has 29 heavy (non-hydrogen) atoms. The maximum Gasteiger partial charge on any atom is 0.353 e. The second-order valence-corrected chi connectivity index (χ2v) is 5.93. The van der Waals surface area contributed by atoms with E-state index in [4.69, 9.17) is 0 Å². The number of halogens is 2. The minimum Gasteiger partial charge on any atom is -0.334 e. The topological polar surface area (TPSA) is 106 Å². The molecule has 0 aliphatic carbocycles. The van der Waals surface area contributed by atoms with Crippen LogP contribution in [0.15, 0.2) is 61.1 Å². The van der Waals surface area contributed by atoms with E-state index in [0.717, 1.165) is 29.9 Å². The van der Waals surface area contributed by atoms with Crippen LogP contribution in [0, 0.1) is 21.7 Å². The van der Waals surface area contributed by atoms with Gasteiger partial charge >= 0.3 is 5.69 Å². The predicted octanol–water partition coefficient (Wildman–Crippen LogP) is 4.70. The van der Waals surface area contributed by atoms with Crippen molar-refractivity contribution in [1.29, 1.82) is 0 Å². The highest BCUT2D eigenvalue weighted by atomic mass is 19.1. The van der Waals surface area contributed by atoms with Crippen molar-refractivity contribution >= 4 is 39.6 Å². The lowest BCUT2D eigenvalue weighted by Gasteiger charge is -2.12. The predicted molar refractivity (Wildman–Crippen MR) is 103 cm³/mol. The number of hydrogen-bond acceptors (Lipinski definition) is 7. The van der Waals surface area contributed by atoms with Gasteiger partial charge in [-0.2, -0.15) is 0 Å². The quantitative estimate of drug-likeness (QED) is 0.373. The number of nitrogens with zero attached hydrogens (tertiary/aromatic N) is 4. The van der Waals surface area contributed by atoms with Crippen molar-refractivity contribution in [3.63, 3.8) is 0 Å². The number of nitro groups is 1. The van der Waals surface area contributed by atoms with Crippen molar-refractivity contribution in [3.05, 3.63) is 82.8 Å². The molecule has 8 nitrogen and oxygen atoms in total. The molecule has 4 rings (SSSR count). The smallest absolute Gasteiger partial charge is 0.334 e. The molecule has 0 aliphatic heterocycles. The van der Waals surface area contributed by atoms with Crippen LogP contribution >= 0.6 is 0 Å². The van der Waals surface area contributed by atoms with Crippen molar-refractivity contribution in [2.45, 2.75) is 0 Å². The fourth-order valence-electron chi connectivity index (χ4n) is 2.80. The van der Waals surface area contributed by atoms with Gasteiger partial charge in [0.15, 0.2) is 0 Å². The molecular weight excluding hydrogens is 382 g/mol. The molecule has 4 aromatic rings. The van der Waals surface area contributed by atoms with Crippen molar-refractivity contribution in [2.75, 3.05) is 10.6 Å². The normalized spacial score (nSPS) is 10.7. The second kappa shape index (κ2) is 7.43. The van der Waals surface area contributed by atoms with E-state index in [1.807, 2.05) is 0 Å². The molecule has 2 N–H and O–H groups in total. The van der Waals surface area contributed by atoms with E-state index in [1.54, 1.807) is 36.5 Å². The van der Waals surface area contributed by atoms with Crippen LogP contribution in [0.3, 0.4) is 0 Å². The van der Waals surface area contributed by atoms with Crippen LogP contribution in [0.25, 0.3) is 10.9 Å². The van der Waals surface area contributed by atoms with E-state index in [9.17, 15) is 18.9 Å². The first-order valence-electron chi connectivity index (χ1n) is 8.35. The summed E-state index contributed by atoms with van der Waals surface area (Å²) in [7, 11) is 0. The Hall–Kier alpha value is -4.21. The van der Waals surface area contributed by atoms with Gasteiger partial charge in [-0.15, -0.1) is 0 Å². The van der Waals surface area contributed by atoms with Crippen LogP contribution in [0.1, 0.15) is 0 Å². The van der Waals surface area contributed by atoms with Crippen LogP contribution in [-0.4, -0.2) is 19.9 Å². The highest BCUT2D eigenvalue weighted by molar-refractivity contribution is 5.93. The molecule has 2 aromatic carbocycles. The summed E-state index contributed by atoms with van der Waals surface area (Å²) in [6, 6.07) is 11.5. The number of anilines is 4. The van der Waals surface area contributed by atoms with Gasteiger partial charge in [0.2, 0.25) is 11.6 Å². The molecule has 0 spiro atoms. The van der Waals surface area contributed by atoms with E-state index < -0.39 is 22.2 Å². The number of rotatable bonds is 5. The first-order chi connectivity index (χ1) is 14.0. The van der Waals surface area contributed by atoms with Gasteiger partial charge in [-0.3, -0.25) is 15.1 Å². The van der Waals surface area contributed by atoms with Gasteiger partial charge in [-0.25, -0.2) is 18.7 Å². The average molecular weight is 394 g/mol. The molecule has 144 valence electrons. The van der Waals surface area contributed by atoms with Crippen molar-refractivity contribution in [2.24, 2.45) is 0 Å². The number of fused-ring (bicyclic) bond motifs is 1. The zero-order chi connectivity index (χ0) is 20.4. The molecule has 0 bridgehead atoms. The minimum atomic E-state index is -0.783. The Morgan fingerprint density at radius 2 is 1.66 bits per heavy atom. The summed E-state index contributed by atoms with van der Waals surface area (Å²) in [5.74, 6) is -1.88. The Balaban J connectivity index is 1.77. The number of pyridine rings is 1. The molecule has 0 saturated carbocycles. The third kappa shape index (κ3) is 3.63. The summed E-state index contributed by atoms with van der Waals surface area (Å²) < 4.78 is 27.4. The van der Waals surface area contributed by atoms with E-state index in [2.05, 4.69) is 25.6 Å². The minimum absolute atomic E-state index is 0.110. The standard InChI is InChI=1S/C19H12F2N6O2/c20-11-6-7-13(21)16(9-11)26-19-17(27(28)29)18(23-10-24-19)25-15-5-1-4-14-12(15)3-2-8-22-14/h1-10H,(H2,23,24,25,26). The molecule has 0 radical (unpaired) electrons. The van der Waals surface area contributed by atoms with Gasteiger partial charge in [0, 0.05) is 23.3 Å². The van der Waals surface area contributed by atoms with Crippen molar-refractivity contribution < 1.29 is 13.7 Å². The Kier molecular flexibility index (Phi) is 4.65. The van der Waals surface area contributed by atoms with E-state index >= 15 is 0 Å². The van der Waals surface area contributed by atoms with E-state index in [1.165, 1.54) is 0 Å². The zero-order valence-corrected chi connectivity index (χ0v) is 14.6. The van der Waals surface area contributed by atoms with Crippen LogP contribution in [0.2, 0.25) is 0 Å². The molecule has 0 fully saturated rings. The summed E-state index contributed by atoms with van der Waals surface area (Å²) in [5, 5.41) is 17.8. The molecule has 2 aromatic heterocycles. The van der Waals surface area contributed by atoms with Crippen LogP contribution < -0.4 is 10.6 Å². The Labute approximate surface area is 162 Å². The van der Waals surface area contributed by atoms with Gasteiger partial charge in [-0.1, -0.05) is 6.07 Å². The molecule has 10 heteroatoms. The molecule has 0 unspecified atom stereocenters. The fraction of sp³-hybridized carbons (Fsp3) is 0. The maximum absolute atomic E-state index is 13.9. The SMILES string of the molecule is O=[N+]([O-])c1c(Nc2cc(F)ccc2F)ncnc1Nc1cccc2ncccc12. The first kappa shape index (κ1) is 18.2. The molecule has 0 amide bonds. The molecule has 2 heterocycles. The van der Waals surface area contributed by atoms with E-state index in [-0.39, 0.29) is 17.3 Å². The van der Waals surface area contributed by atoms with Gasteiger partial charge in [0.1, 0.15) is 18.0 Å². The fourth-order valence-corrected chi connectivity index (χ4v) is 2.80. The molecule has 0 aliphatic rings. The average Bonchev–Trinajstić information content (AvgIpc) is 2.71. The first-order valence-corrected chi connectivity index (χ1v) is 8.35. The number of hydrogen-bond donors (Lipinski definition) is 2. The largest absolute Gasteiger partial charge is 0.353 e. The van der Waals surface area contributed by atoms with Gasteiger partial charge in [-0.05, 0) is 36.4 Å². The Morgan fingerprint density at radius 3 is 2.41 bits per heavy atom. The van der Waals surface area contributed by atoms with Crippen molar-refractivity contribution in [1.82, 2.24) is 15.0 Å². The highest BCUT2D eigenvalue weighted by Crippen LogP contribution is 2.35. The van der Waals surface area contributed by atoms with Gasteiger partial charge in [0.25, 0.3) is 0 Å². The lowest BCUT2D eigenvalue weighted by Crippen LogP contribution is -2.06. The monoisotopic (exact) mass is 394 g/mol. The van der Waals surface area contributed by atoms with Crippen LogP contribution in [-0.2, 0) is 0 Å². The van der Waals surface area contributed by atoms with Crippen LogP contribution in [0.4, 0.5) is 37.5 Å². The number of aromatic nitrogens is 3. The second-order valence-electron chi connectivity index (χ2n) is 5.93. The van der Waals surface area contributed by atoms with Gasteiger partial charge in [0.05, 0.1) is 16.1 Å². The molecular formula is C19H12F2N6O2. The number of benzene rings is 2. The lowest BCUT2D eigenvalue weighted by molar-refractivity contribution is -0.383. The summed E-state index contributed by atoms with van der Waals surface area (Å²) in [6.07, 6.45) is 2.72. The van der Waals surface area contributed by atoms with Gasteiger partial charge < -0.3 is 10.6 Å². The Morgan fingerprint density at radius 1 is 0.897 bits per heavy atom.